The maximum Gasteiger partial charge on any atom is 0.122 e. The predicted molar refractivity (Wildman–Crippen MR) is 75.5 cm³/mol. The minimum absolute atomic E-state index is 0.771. The van der Waals surface area contributed by atoms with Gasteiger partial charge in [-0.2, -0.15) is 0 Å². The van der Waals surface area contributed by atoms with E-state index in [2.05, 4.69) is 31.3 Å². The molecule has 18 heavy (non-hydrogen) atoms. The quantitative estimate of drug-likeness (QED) is 0.720. The zero-order valence-electron chi connectivity index (χ0n) is 12.0. The molecule has 3 heteroatoms. The first-order valence-electron chi connectivity index (χ1n) is 6.52. The van der Waals surface area contributed by atoms with E-state index < -0.39 is 0 Å². The maximum absolute atomic E-state index is 5.46. The van der Waals surface area contributed by atoms with Gasteiger partial charge in [0.25, 0.3) is 0 Å². The molecule has 3 nitrogen and oxygen atoms in total. The third-order valence-electron chi connectivity index (χ3n) is 3.06. The average Bonchev–Trinajstić information content (AvgIpc) is 2.35. The Morgan fingerprint density at radius 3 is 2.56 bits per heavy atom. The molecule has 1 rings (SSSR count). The van der Waals surface area contributed by atoms with Crippen molar-refractivity contribution in [3.63, 3.8) is 0 Å². The normalized spacial score (nSPS) is 10.7. The first kappa shape index (κ1) is 15.0. The molecule has 1 aromatic rings. The molecule has 1 aromatic carbocycles. The maximum atomic E-state index is 5.46. The Balaban J connectivity index is 2.46. The minimum Gasteiger partial charge on any atom is -0.496 e. The lowest BCUT2D eigenvalue weighted by atomic mass is 10.00. The molecule has 0 atom stereocenters. The Labute approximate surface area is 110 Å². The van der Waals surface area contributed by atoms with Gasteiger partial charge in [-0.25, -0.2) is 0 Å². The highest BCUT2D eigenvalue weighted by atomic mass is 16.5. The van der Waals surface area contributed by atoms with Gasteiger partial charge in [0, 0.05) is 13.7 Å². The third kappa shape index (κ3) is 4.67. The van der Waals surface area contributed by atoms with Crippen LogP contribution in [-0.2, 0) is 11.2 Å². The van der Waals surface area contributed by atoms with Crippen molar-refractivity contribution in [2.45, 2.75) is 26.7 Å². The molecular formula is C15H25NO2. The van der Waals surface area contributed by atoms with Crippen molar-refractivity contribution < 1.29 is 9.47 Å². The highest BCUT2D eigenvalue weighted by Gasteiger charge is 2.07. The number of ether oxygens (including phenoxy) is 2. The summed E-state index contributed by atoms with van der Waals surface area (Å²) in [4.78, 5) is 0. The van der Waals surface area contributed by atoms with Crippen LogP contribution in [0.5, 0.6) is 5.75 Å². The van der Waals surface area contributed by atoms with Crippen molar-refractivity contribution in [3.8, 4) is 5.75 Å². The number of hydrogen-bond donors (Lipinski definition) is 1. The smallest absolute Gasteiger partial charge is 0.122 e. The van der Waals surface area contributed by atoms with E-state index in [9.17, 15) is 0 Å². The molecule has 0 aliphatic rings. The van der Waals surface area contributed by atoms with Gasteiger partial charge in [-0.15, -0.1) is 0 Å². The molecule has 0 bridgehead atoms. The van der Waals surface area contributed by atoms with E-state index in [0.717, 1.165) is 38.3 Å². The number of benzene rings is 1. The van der Waals surface area contributed by atoms with Crippen molar-refractivity contribution in [1.29, 1.82) is 0 Å². The SMILES string of the molecule is COCCNCCCc1c(C)cc(C)cc1OC. The zero-order valence-corrected chi connectivity index (χ0v) is 12.0. The fraction of sp³-hybridized carbons (Fsp3) is 0.600. The van der Waals surface area contributed by atoms with Crippen molar-refractivity contribution in [1.82, 2.24) is 5.32 Å². The number of methoxy groups -OCH3 is 2. The highest BCUT2D eigenvalue weighted by Crippen LogP contribution is 2.25. The lowest BCUT2D eigenvalue weighted by molar-refractivity contribution is 0.199. The van der Waals surface area contributed by atoms with Gasteiger partial charge in [0.1, 0.15) is 5.75 Å². The van der Waals surface area contributed by atoms with Gasteiger partial charge in [-0.1, -0.05) is 6.07 Å². The van der Waals surface area contributed by atoms with Gasteiger partial charge < -0.3 is 14.8 Å². The van der Waals surface area contributed by atoms with Crippen molar-refractivity contribution >= 4 is 0 Å². The van der Waals surface area contributed by atoms with Crippen molar-refractivity contribution in [3.05, 3.63) is 28.8 Å². The van der Waals surface area contributed by atoms with Crippen LogP contribution in [0.25, 0.3) is 0 Å². The van der Waals surface area contributed by atoms with Gasteiger partial charge in [0.2, 0.25) is 0 Å². The van der Waals surface area contributed by atoms with E-state index in [-0.39, 0.29) is 0 Å². The van der Waals surface area contributed by atoms with Crippen LogP contribution in [0, 0.1) is 13.8 Å². The number of hydrogen-bond acceptors (Lipinski definition) is 3. The molecule has 0 fully saturated rings. The molecule has 0 saturated heterocycles. The molecule has 102 valence electrons. The number of rotatable bonds is 8. The molecule has 0 heterocycles. The van der Waals surface area contributed by atoms with Gasteiger partial charge >= 0.3 is 0 Å². The Kier molecular flexibility index (Phi) is 6.76. The number of aryl methyl sites for hydroxylation is 2. The summed E-state index contributed by atoms with van der Waals surface area (Å²) in [6.07, 6.45) is 2.17. The molecule has 0 aromatic heterocycles. The highest BCUT2D eigenvalue weighted by molar-refractivity contribution is 5.43. The first-order chi connectivity index (χ1) is 8.69. The van der Waals surface area contributed by atoms with Crippen LogP contribution in [-0.4, -0.2) is 33.9 Å². The third-order valence-corrected chi connectivity index (χ3v) is 3.06. The summed E-state index contributed by atoms with van der Waals surface area (Å²) in [5, 5.41) is 3.36. The monoisotopic (exact) mass is 251 g/mol. The van der Waals surface area contributed by atoms with E-state index in [4.69, 9.17) is 9.47 Å². The topological polar surface area (TPSA) is 30.5 Å². The summed E-state index contributed by atoms with van der Waals surface area (Å²) in [6.45, 7) is 6.96. The summed E-state index contributed by atoms with van der Waals surface area (Å²) in [7, 11) is 3.47. The molecule has 1 N–H and O–H groups in total. The van der Waals surface area contributed by atoms with E-state index in [1.807, 2.05) is 0 Å². The van der Waals surface area contributed by atoms with E-state index in [1.165, 1.54) is 16.7 Å². The Bertz CT molecular complexity index is 364. The molecular weight excluding hydrogens is 226 g/mol. The van der Waals surface area contributed by atoms with Crippen LogP contribution in [0.15, 0.2) is 12.1 Å². The van der Waals surface area contributed by atoms with E-state index >= 15 is 0 Å². The summed E-state index contributed by atoms with van der Waals surface area (Å²) in [5.41, 5.74) is 3.91. The summed E-state index contributed by atoms with van der Waals surface area (Å²) in [6, 6.07) is 4.33. The largest absolute Gasteiger partial charge is 0.496 e. The fourth-order valence-corrected chi connectivity index (χ4v) is 2.15. The first-order valence-corrected chi connectivity index (χ1v) is 6.52. The Morgan fingerprint density at radius 2 is 1.89 bits per heavy atom. The molecule has 0 aliphatic heterocycles. The standard InChI is InChI=1S/C15H25NO2/c1-12-10-13(2)14(15(11-12)18-4)6-5-7-16-8-9-17-3/h10-11,16H,5-9H2,1-4H3. The van der Waals surface area contributed by atoms with Gasteiger partial charge in [-0.05, 0) is 56.0 Å². The Morgan fingerprint density at radius 1 is 1.11 bits per heavy atom. The van der Waals surface area contributed by atoms with Crippen LogP contribution in [0.4, 0.5) is 0 Å². The lowest BCUT2D eigenvalue weighted by Crippen LogP contribution is -2.20. The minimum atomic E-state index is 0.771. The van der Waals surface area contributed by atoms with Crippen LogP contribution >= 0.6 is 0 Å². The Hall–Kier alpha value is -1.06. The van der Waals surface area contributed by atoms with Gasteiger partial charge in [0.05, 0.1) is 13.7 Å². The van der Waals surface area contributed by atoms with Crippen molar-refractivity contribution in [2.75, 3.05) is 33.9 Å². The summed E-state index contributed by atoms with van der Waals surface area (Å²) in [5.74, 6) is 1.02. The van der Waals surface area contributed by atoms with Gasteiger partial charge in [0.15, 0.2) is 0 Å². The molecule has 0 radical (unpaired) electrons. The second kappa shape index (κ2) is 8.11. The van der Waals surface area contributed by atoms with E-state index in [1.54, 1.807) is 14.2 Å². The summed E-state index contributed by atoms with van der Waals surface area (Å²) < 4.78 is 10.5. The second-order valence-corrected chi connectivity index (χ2v) is 4.61. The lowest BCUT2D eigenvalue weighted by Gasteiger charge is -2.13. The van der Waals surface area contributed by atoms with E-state index in [0.29, 0.717) is 0 Å². The second-order valence-electron chi connectivity index (χ2n) is 4.61. The summed E-state index contributed by atoms with van der Waals surface area (Å²) >= 11 is 0. The van der Waals surface area contributed by atoms with Crippen LogP contribution in [0.3, 0.4) is 0 Å². The molecule has 0 spiro atoms. The predicted octanol–water partition coefficient (Wildman–Crippen LogP) is 2.48. The number of nitrogens with one attached hydrogen (secondary N) is 1. The molecule has 0 aliphatic carbocycles. The average molecular weight is 251 g/mol. The zero-order chi connectivity index (χ0) is 13.4. The van der Waals surface area contributed by atoms with Crippen LogP contribution in [0.2, 0.25) is 0 Å². The molecule has 0 unspecified atom stereocenters. The van der Waals surface area contributed by atoms with Crippen molar-refractivity contribution in [2.24, 2.45) is 0 Å². The van der Waals surface area contributed by atoms with Gasteiger partial charge in [-0.3, -0.25) is 0 Å². The molecule has 0 saturated carbocycles. The van der Waals surface area contributed by atoms with Crippen LogP contribution < -0.4 is 10.1 Å². The fourth-order valence-electron chi connectivity index (χ4n) is 2.15. The van der Waals surface area contributed by atoms with Crippen LogP contribution in [0.1, 0.15) is 23.1 Å². The molecule has 0 amide bonds.